The van der Waals surface area contributed by atoms with Crippen molar-refractivity contribution in [2.24, 2.45) is 0 Å². The highest BCUT2D eigenvalue weighted by atomic mass is 15.1. The Kier molecular flexibility index (Phi) is 15.0. The maximum absolute atomic E-state index is 5.21. The summed E-state index contributed by atoms with van der Waals surface area (Å²) in [6.07, 6.45) is 0. The Morgan fingerprint density at radius 1 is 0.145 bits per heavy atom. The smallest absolute Gasteiger partial charge is 0.138 e. The largest absolute Gasteiger partial charge is 0.309 e. The summed E-state index contributed by atoms with van der Waals surface area (Å²) in [6, 6.07) is 154. The van der Waals surface area contributed by atoms with Crippen LogP contribution in [0.4, 0.5) is 0 Å². The monoisotopic (exact) mass is 1480 g/mol. The zero-order valence-corrected chi connectivity index (χ0v) is 63.7. The van der Waals surface area contributed by atoms with Gasteiger partial charge in [-0.25, -0.2) is 4.98 Å². The van der Waals surface area contributed by atoms with Crippen LogP contribution in [0.25, 0.3) is 237 Å². The van der Waals surface area contributed by atoms with Crippen molar-refractivity contribution in [3.8, 4) is 140 Å². The molecule has 0 N–H and O–H groups in total. The first kappa shape index (κ1) is 66.1. The number of hydrogen-bond donors (Lipinski definition) is 0. The van der Waals surface area contributed by atoms with E-state index in [1.165, 1.54) is 220 Å². The van der Waals surface area contributed by atoms with Crippen LogP contribution in [0.1, 0.15) is 0 Å². The molecule has 0 radical (unpaired) electrons. The summed E-state index contributed by atoms with van der Waals surface area (Å²) in [7, 11) is 0. The van der Waals surface area contributed by atoms with Crippen LogP contribution in [-0.4, -0.2) is 18.7 Å². The van der Waals surface area contributed by atoms with Crippen LogP contribution in [0.3, 0.4) is 0 Å². The van der Waals surface area contributed by atoms with Gasteiger partial charge in [0.2, 0.25) is 0 Å². The van der Waals surface area contributed by atoms with Gasteiger partial charge in [0.05, 0.1) is 38.8 Å². The van der Waals surface area contributed by atoms with Crippen LogP contribution in [0.15, 0.2) is 425 Å². The second-order valence-electron chi connectivity index (χ2n) is 31.0. The van der Waals surface area contributed by atoms with Crippen LogP contribution in [-0.2, 0) is 0 Å². The van der Waals surface area contributed by atoms with Gasteiger partial charge in [-0.1, -0.05) is 352 Å². The van der Waals surface area contributed by atoms with E-state index in [0.717, 1.165) is 17.1 Å². The molecule has 0 fully saturated rings. The fourth-order valence-electron chi connectivity index (χ4n) is 19.9. The number of rotatable bonds is 8. The summed E-state index contributed by atoms with van der Waals surface area (Å²) in [6.45, 7) is 0. The number of pyridine rings is 1. The molecule has 0 amide bonds. The van der Waals surface area contributed by atoms with E-state index < -0.39 is 0 Å². The van der Waals surface area contributed by atoms with E-state index in [9.17, 15) is 0 Å². The highest BCUT2D eigenvalue weighted by Crippen LogP contribution is 2.56. The Morgan fingerprint density at radius 2 is 0.419 bits per heavy atom. The summed E-state index contributed by atoms with van der Waals surface area (Å²) in [5.74, 6) is 0.928. The van der Waals surface area contributed by atoms with E-state index >= 15 is 0 Å². The van der Waals surface area contributed by atoms with Crippen molar-refractivity contribution in [2.75, 3.05) is 0 Å². The van der Waals surface area contributed by atoms with Crippen molar-refractivity contribution in [1.82, 2.24) is 18.7 Å². The molecule has 26 rings (SSSR count). The first-order chi connectivity index (χ1) is 58.1. The van der Waals surface area contributed by atoms with Crippen molar-refractivity contribution < 1.29 is 0 Å². The average Bonchev–Trinajstić information content (AvgIpc) is 1.55. The molecule has 0 aliphatic heterocycles. The van der Waals surface area contributed by atoms with Crippen LogP contribution < -0.4 is 0 Å². The molecular formula is C113H70N4. The minimum Gasteiger partial charge on any atom is -0.309 e. The van der Waals surface area contributed by atoms with Crippen LogP contribution in [0.2, 0.25) is 0 Å². The lowest BCUT2D eigenvalue weighted by Gasteiger charge is -2.16. The van der Waals surface area contributed by atoms with Crippen molar-refractivity contribution >= 4 is 97.7 Å². The van der Waals surface area contributed by atoms with Crippen LogP contribution >= 0.6 is 0 Å². The molecular weight excluding hydrogens is 1410 g/mol. The van der Waals surface area contributed by atoms with E-state index in [2.05, 4.69) is 432 Å². The fraction of sp³-hybridized carbons (Fsp3) is 0. The summed E-state index contributed by atoms with van der Waals surface area (Å²) < 4.78 is 7.25. The molecule has 0 saturated carbocycles. The quantitative estimate of drug-likeness (QED) is 0.149. The lowest BCUT2D eigenvalue weighted by Crippen LogP contribution is -1.99. The zero-order chi connectivity index (χ0) is 76.8. The summed E-state index contributed by atoms with van der Waals surface area (Å²) in [5.41, 5.74) is 37.3. The normalized spacial score (nSPS) is 11.9. The predicted molar refractivity (Wildman–Crippen MR) is 493 cm³/mol. The van der Waals surface area contributed by atoms with Crippen molar-refractivity contribution in [1.29, 1.82) is 0 Å². The molecule has 117 heavy (non-hydrogen) atoms. The maximum Gasteiger partial charge on any atom is 0.138 e. The molecule has 0 atom stereocenters. The van der Waals surface area contributed by atoms with Crippen LogP contribution in [0.5, 0.6) is 0 Å². The SMILES string of the molecule is c1ccc(-c2ccc3c4c2ccc2c4c4c(cccc4n2-c2ccccc2)-c2ccccc2-3)cc1.c1ccc(-c2cccc(-n3c4cccc5c4c4c6c(ccc(-c7ccccc7)c6ccc43)-c3ccccc3-5)c2)cc1.c1ccc(-c2cccc(-n3c4cccc5c4c4c6c(ccc(-c7ccccc7)c6ccc43)-c3ccccc3-5)n2)cc1. The van der Waals surface area contributed by atoms with Gasteiger partial charge in [0, 0.05) is 65.4 Å². The highest BCUT2D eigenvalue weighted by Gasteiger charge is 2.31. The molecule has 0 spiro atoms. The van der Waals surface area contributed by atoms with Gasteiger partial charge in [0.15, 0.2) is 0 Å². The van der Waals surface area contributed by atoms with Gasteiger partial charge in [-0.15, -0.1) is 0 Å². The molecule has 0 bridgehead atoms. The molecule has 3 aliphatic carbocycles. The second-order valence-corrected chi connectivity index (χ2v) is 31.0. The Labute approximate surface area is 676 Å². The van der Waals surface area contributed by atoms with Crippen molar-refractivity contribution in [2.45, 2.75) is 0 Å². The number of para-hydroxylation sites is 1. The Balaban J connectivity index is 0.000000101. The summed E-state index contributed by atoms with van der Waals surface area (Å²) in [5, 5.41) is 15.8. The fourth-order valence-corrected chi connectivity index (χ4v) is 19.9. The predicted octanol–water partition coefficient (Wildman–Crippen LogP) is 30.5. The number of nitrogens with zero attached hydrogens (tertiary/aromatic N) is 4. The number of hydrogen-bond acceptors (Lipinski definition) is 1. The van der Waals surface area contributed by atoms with E-state index in [1.807, 2.05) is 6.07 Å². The Morgan fingerprint density at radius 3 is 0.821 bits per heavy atom. The Hall–Kier alpha value is -15.5. The van der Waals surface area contributed by atoms with E-state index in [1.54, 1.807) is 0 Å². The summed E-state index contributed by atoms with van der Waals surface area (Å²) >= 11 is 0. The molecule has 4 aromatic heterocycles. The first-order valence-corrected chi connectivity index (χ1v) is 40.4. The standard InChI is InChI=1S/C40H25N.C39H24N2.C34H21N/c1-3-11-26(12-4-1)28-15-9-16-29(25-28)41-36-20-10-19-33-31-17-7-8-18-32(31)35-22-21-30(27-13-5-2-6-14-27)34-23-24-37(41)40(38(34)35)39(33)36;1-3-11-25(12-4-1)27-21-22-32-29-16-8-7-15-28(29)30-17-9-19-34-38(30)39-35(24-23-31(27)37(32)39)41(34)36-20-10-18-33(40-36)26-13-5-2-6-14-26;1-3-10-22(11-4-1)24-18-19-29-26-15-8-7-14-25(26)27-16-9-17-30-33(27)34-31(21-20-28(24)32(29)34)35(30)23-12-5-2-6-13-23/h1-25H;1-24H;1-21H. The van der Waals surface area contributed by atoms with Crippen molar-refractivity contribution in [3.05, 3.63) is 425 Å². The lowest BCUT2D eigenvalue weighted by molar-refractivity contribution is 1.08. The zero-order valence-electron chi connectivity index (χ0n) is 63.7. The van der Waals surface area contributed by atoms with Crippen LogP contribution in [0, 0.1) is 0 Å². The van der Waals surface area contributed by atoms with Gasteiger partial charge in [-0.3, -0.25) is 4.57 Å². The lowest BCUT2D eigenvalue weighted by atomic mass is 9.90. The molecule has 23 aromatic rings. The molecule has 3 aliphatic rings. The van der Waals surface area contributed by atoms with Gasteiger partial charge in [0.1, 0.15) is 5.82 Å². The average molecular weight is 1480 g/mol. The Bertz CT molecular complexity index is 7670. The molecule has 19 aromatic carbocycles. The highest BCUT2D eigenvalue weighted by molar-refractivity contribution is 6.35. The molecule has 4 heteroatoms. The van der Waals surface area contributed by atoms with Gasteiger partial charge >= 0.3 is 0 Å². The minimum absolute atomic E-state index is 0.928. The maximum atomic E-state index is 5.21. The molecule has 0 saturated heterocycles. The molecule has 4 nitrogen and oxygen atoms in total. The van der Waals surface area contributed by atoms with E-state index in [-0.39, 0.29) is 0 Å². The number of benzene rings is 19. The summed E-state index contributed by atoms with van der Waals surface area (Å²) in [4.78, 5) is 5.21. The number of aromatic nitrogens is 4. The van der Waals surface area contributed by atoms with Gasteiger partial charge in [0.25, 0.3) is 0 Å². The molecule has 542 valence electrons. The minimum atomic E-state index is 0.928. The topological polar surface area (TPSA) is 27.7 Å². The second kappa shape index (κ2) is 26.6. The first-order valence-electron chi connectivity index (χ1n) is 40.4. The third kappa shape index (κ3) is 10.2. The van der Waals surface area contributed by atoms with Gasteiger partial charge < -0.3 is 9.13 Å². The number of fused-ring (bicyclic) bond motifs is 9. The molecule has 4 heterocycles. The third-order valence-corrected chi connectivity index (χ3v) is 24.8. The van der Waals surface area contributed by atoms with Crippen molar-refractivity contribution in [3.63, 3.8) is 0 Å². The van der Waals surface area contributed by atoms with E-state index in [4.69, 9.17) is 4.98 Å². The third-order valence-electron chi connectivity index (χ3n) is 24.8. The van der Waals surface area contributed by atoms with E-state index in [0.29, 0.717) is 0 Å². The van der Waals surface area contributed by atoms with Gasteiger partial charge in [-0.05, 0) is 200 Å². The molecule has 0 unspecified atom stereocenters. The van der Waals surface area contributed by atoms with Gasteiger partial charge in [-0.2, -0.15) is 0 Å².